The number of halogens is 1. The summed E-state index contributed by atoms with van der Waals surface area (Å²) in [6.45, 7) is 1.95. The largest absolute Gasteiger partial charge is 0.348 e. The van der Waals surface area contributed by atoms with E-state index in [1.165, 1.54) is 0 Å². The maximum absolute atomic E-state index is 12.2. The number of nitrogens with one attached hydrogen (secondary N) is 1. The molecule has 4 heteroatoms. The van der Waals surface area contributed by atoms with Gasteiger partial charge in [-0.15, -0.1) is 0 Å². The van der Waals surface area contributed by atoms with Crippen LogP contribution in [0.25, 0.3) is 0 Å². The van der Waals surface area contributed by atoms with Crippen LogP contribution < -0.4 is 11.1 Å². The van der Waals surface area contributed by atoms with Gasteiger partial charge in [0, 0.05) is 4.47 Å². The van der Waals surface area contributed by atoms with E-state index in [1.807, 2.05) is 61.5 Å². The van der Waals surface area contributed by atoms with Crippen molar-refractivity contribution in [2.75, 3.05) is 0 Å². The molecule has 0 aliphatic carbocycles. The molecule has 2 aromatic carbocycles. The molecule has 0 aliphatic heterocycles. The molecule has 2 atom stereocenters. The van der Waals surface area contributed by atoms with Crippen LogP contribution in [0.4, 0.5) is 0 Å². The minimum Gasteiger partial charge on any atom is -0.348 e. The van der Waals surface area contributed by atoms with E-state index in [1.54, 1.807) is 0 Å². The molecule has 0 fully saturated rings. The van der Waals surface area contributed by atoms with Gasteiger partial charge in [-0.1, -0.05) is 58.4 Å². The first-order chi connectivity index (χ1) is 10.1. The fourth-order valence-corrected chi connectivity index (χ4v) is 2.56. The fraction of sp³-hybridized carbons (Fsp3) is 0.235. The van der Waals surface area contributed by atoms with Gasteiger partial charge in [0.15, 0.2) is 0 Å². The number of amides is 1. The quantitative estimate of drug-likeness (QED) is 0.873. The molecule has 0 aromatic heterocycles. The van der Waals surface area contributed by atoms with Crippen LogP contribution in [-0.2, 0) is 11.2 Å². The molecule has 21 heavy (non-hydrogen) atoms. The molecule has 0 radical (unpaired) electrons. The summed E-state index contributed by atoms with van der Waals surface area (Å²) in [4.78, 5) is 12.2. The summed E-state index contributed by atoms with van der Waals surface area (Å²) < 4.78 is 0.995. The van der Waals surface area contributed by atoms with Gasteiger partial charge in [-0.25, -0.2) is 0 Å². The third-order valence-corrected chi connectivity index (χ3v) is 3.84. The van der Waals surface area contributed by atoms with Crippen molar-refractivity contribution in [3.05, 3.63) is 70.2 Å². The first-order valence-corrected chi connectivity index (χ1v) is 7.71. The summed E-state index contributed by atoms with van der Waals surface area (Å²) in [6, 6.07) is 17.1. The van der Waals surface area contributed by atoms with Crippen LogP contribution in [0.3, 0.4) is 0 Å². The van der Waals surface area contributed by atoms with Crippen molar-refractivity contribution in [1.29, 1.82) is 0 Å². The molecular weight excluding hydrogens is 328 g/mol. The summed E-state index contributed by atoms with van der Waals surface area (Å²) >= 11 is 3.43. The minimum atomic E-state index is -0.540. The minimum absolute atomic E-state index is 0.0724. The second kappa shape index (κ2) is 7.38. The smallest absolute Gasteiger partial charge is 0.237 e. The van der Waals surface area contributed by atoms with Gasteiger partial charge >= 0.3 is 0 Å². The zero-order valence-corrected chi connectivity index (χ0v) is 13.5. The molecule has 0 bridgehead atoms. The van der Waals surface area contributed by atoms with Gasteiger partial charge in [-0.3, -0.25) is 4.79 Å². The summed E-state index contributed by atoms with van der Waals surface area (Å²) in [7, 11) is 0. The van der Waals surface area contributed by atoms with Crippen LogP contribution in [0.15, 0.2) is 59.1 Å². The molecule has 0 heterocycles. The Morgan fingerprint density at radius 3 is 2.57 bits per heavy atom. The summed E-state index contributed by atoms with van der Waals surface area (Å²) in [5, 5.41) is 2.96. The third-order valence-electron chi connectivity index (χ3n) is 3.34. The average Bonchev–Trinajstić information content (AvgIpc) is 2.48. The SMILES string of the molecule is C[C@@H](NC(=O)[C@@H](N)Cc1ccccc1)c1cccc(Br)c1. The van der Waals surface area contributed by atoms with Crippen LogP contribution in [0.2, 0.25) is 0 Å². The highest BCUT2D eigenvalue weighted by molar-refractivity contribution is 9.10. The van der Waals surface area contributed by atoms with E-state index in [-0.39, 0.29) is 11.9 Å². The Kier molecular flexibility index (Phi) is 5.53. The number of hydrogen-bond acceptors (Lipinski definition) is 2. The second-order valence-corrected chi connectivity index (χ2v) is 6.00. The van der Waals surface area contributed by atoms with Crippen LogP contribution >= 0.6 is 15.9 Å². The lowest BCUT2D eigenvalue weighted by molar-refractivity contribution is -0.123. The van der Waals surface area contributed by atoms with E-state index in [0.29, 0.717) is 6.42 Å². The zero-order valence-electron chi connectivity index (χ0n) is 11.9. The molecule has 0 saturated carbocycles. The molecule has 0 spiro atoms. The standard InChI is InChI=1S/C17H19BrN2O/c1-12(14-8-5-9-15(18)11-14)20-17(21)16(19)10-13-6-3-2-4-7-13/h2-9,11-12,16H,10,19H2,1H3,(H,20,21)/t12-,16+/m1/s1. The Labute approximate surface area is 133 Å². The van der Waals surface area contributed by atoms with Gasteiger partial charge in [-0.05, 0) is 36.6 Å². The summed E-state index contributed by atoms with van der Waals surface area (Å²) in [5.41, 5.74) is 8.10. The Morgan fingerprint density at radius 1 is 1.19 bits per heavy atom. The highest BCUT2D eigenvalue weighted by Crippen LogP contribution is 2.18. The fourth-order valence-electron chi connectivity index (χ4n) is 2.14. The highest BCUT2D eigenvalue weighted by Gasteiger charge is 2.17. The molecule has 0 unspecified atom stereocenters. The molecule has 1 amide bonds. The lowest BCUT2D eigenvalue weighted by Crippen LogP contribution is -2.42. The van der Waals surface area contributed by atoms with Crippen LogP contribution in [-0.4, -0.2) is 11.9 Å². The lowest BCUT2D eigenvalue weighted by atomic mass is 10.0. The Bertz CT molecular complexity index is 601. The molecular formula is C17H19BrN2O. The Balaban J connectivity index is 1.94. The van der Waals surface area contributed by atoms with E-state index in [2.05, 4.69) is 21.2 Å². The Hall–Kier alpha value is -1.65. The molecule has 110 valence electrons. The van der Waals surface area contributed by atoms with Crippen molar-refractivity contribution in [3.63, 3.8) is 0 Å². The molecule has 2 rings (SSSR count). The highest BCUT2D eigenvalue weighted by atomic mass is 79.9. The number of hydrogen-bond donors (Lipinski definition) is 2. The van der Waals surface area contributed by atoms with E-state index in [9.17, 15) is 4.79 Å². The van der Waals surface area contributed by atoms with Gasteiger partial charge in [0.25, 0.3) is 0 Å². The van der Waals surface area contributed by atoms with Crippen LogP contribution in [0.5, 0.6) is 0 Å². The average molecular weight is 347 g/mol. The van der Waals surface area contributed by atoms with Crippen molar-refractivity contribution < 1.29 is 4.79 Å². The van der Waals surface area contributed by atoms with E-state index in [4.69, 9.17) is 5.73 Å². The molecule has 0 aliphatic rings. The van der Waals surface area contributed by atoms with Gasteiger partial charge in [-0.2, -0.15) is 0 Å². The topological polar surface area (TPSA) is 55.1 Å². The Morgan fingerprint density at radius 2 is 1.90 bits per heavy atom. The van der Waals surface area contributed by atoms with Crippen molar-refractivity contribution >= 4 is 21.8 Å². The van der Waals surface area contributed by atoms with Crippen LogP contribution in [0, 0.1) is 0 Å². The number of carbonyl (C=O) groups excluding carboxylic acids is 1. The monoisotopic (exact) mass is 346 g/mol. The van der Waals surface area contributed by atoms with Gasteiger partial charge in [0.05, 0.1) is 12.1 Å². The number of rotatable bonds is 5. The lowest BCUT2D eigenvalue weighted by Gasteiger charge is -2.18. The normalized spacial score (nSPS) is 13.5. The molecule has 3 N–H and O–H groups in total. The van der Waals surface area contributed by atoms with Crippen molar-refractivity contribution in [2.24, 2.45) is 5.73 Å². The molecule has 2 aromatic rings. The number of nitrogens with two attached hydrogens (primary N) is 1. The van der Waals surface area contributed by atoms with Crippen molar-refractivity contribution in [2.45, 2.75) is 25.4 Å². The molecule has 3 nitrogen and oxygen atoms in total. The number of benzene rings is 2. The maximum Gasteiger partial charge on any atom is 0.237 e. The van der Waals surface area contributed by atoms with Crippen LogP contribution in [0.1, 0.15) is 24.1 Å². The van der Waals surface area contributed by atoms with Gasteiger partial charge in [0.1, 0.15) is 0 Å². The van der Waals surface area contributed by atoms with E-state index < -0.39 is 6.04 Å². The van der Waals surface area contributed by atoms with Crippen molar-refractivity contribution in [1.82, 2.24) is 5.32 Å². The first-order valence-electron chi connectivity index (χ1n) is 6.91. The van der Waals surface area contributed by atoms with E-state index in [0.717, 1.165) is 15.6 Å². The number of carbonyl (C=O) groups is 1. The first kappa shape index (κ1) is 15.7. The van der Waals surface area contributed by atoms with Gasteiger partial charge < -0.3 is 11.1 Å². The second-order valence-electron chi connectivity index (χ2n) is 5.08. The summed E-state index contributed by atoms with van der Waals surface area (Å²) in [6.07, 6.45) is 0.540. The predicted molar refractivity (Wildman–Crippen MR) is 88.8 cm³/mol. The zero-order chi connectivity index (χ0) is 15.2. The third kappa shape index (κ3) is 4.69. The maximum atomic E-state index is 12.2. The van der Waals surface area contributed by atoms with E-state index >= 15 is 0 Å². The molecule has 0 saturated heterocycles. The van der Waals surface area contributed by atoms with Gasteiger partial charge in [0.2, 0.25) is 5.91 Å². The summed E-state index contributed by atoms with van der Waals surface area (Å²) in [5.74, 6) is -0.133. The predicted octanol–water partition coefficient (Wildman–Crippen LogP) is 3.20. The van der Waals surface area contributed by atoms with Crippen molar-refractivity contribution in [3.8, 4) is 0 Å².